The Balaban J connectivity index is 1.53. The van der Waals surface area contributed by atoms with E-state index in [4.69, 9.17) is 0 Å². The van der Waals surface area contributed by atoms with Crippen LogP contribution in [0.2, 0.25) is 0 Å². The summed E-state index contributed by atoms with van der Waals surface area (Å²) < 4.78 is 0. The van der Waals surface area contributed by atoms with Crippen LogP contribution >= 0.6 is 0 Å². The molecular weight excluding hydrogens is 302 g/mol. The SMILES string of the molecule is CN(Cc1ccccc1)C(=O)CNc1cc(N2CCCC2)ncn1. The number of anilines is 2. The van der Waals surface area contributed by atoms with Gasteiger partial charge in [0.2, 0.25) is 5.91 Å². The number of likely N-dealkylation sites (N-methyl/N-ethyl adjacent to an activating group) is 1. The second kappa shape index (κ2) is 7.77. The average Bonchev–Trinajstić information content (AvgIpc) is 3.15. The first kappa shape index (κ1) is 16.2. The van der Waals surface area contributed by atoms with Crippen molar-refractivity contribution in [2.75, 3.05) is 36.9 Å². The van der Waals surface area contributed by atoms with E-state index in [-0.39, 0.29) is 12.5 Å². The zero-order chi connectivity index (χ0) is 16.8. The van der Waals surface area contributed by atoms with Gasteiger partial charge in [0.15, 0.2) is 0 Å². The molecule has 6 heteroatoms. The van der Waals surface area contributed by atoms with E-state index in [0.29, 0.717) is 12.4 Å². The van der Waals surface area contributed by atoms with Gasteiger partial charge in [-0.2, -0.15) is 0 Å². The van der Waals surface area contributed by atoms with Crippen LogP contribution in [0.15, 0.2) is 42.7 Å². The van der Waals surface area contributed by atoms with Crippen LogP contribution in [0.4, 0.5) is 11.6 Å². The molecule has 1 amide bonds. The molecule has 1 aliphatic heterocycles. The molecule has 0 saturated carbocycles. The second-order valence-electron chi connectivity index (χ2n) is 6.04. The lowest BCUT2D eigenvalue weighted by Crippen LogP contribution is -2.32. The Morgan fingerprint density at radius 2 is 1.96 bits per heavy atom. The van der Waals surface area contributed by atoms with Gasteiger partial charge in [0, 0.05) is 32.7 Å². The van der Waals surface area contributed by atoms with Crippen LogP contribution in [0, 0.1) is 0 Å². The quantitative estimate of drug-likeness (QED) is 0.882. The van der Waals surface area contributed by atoms with Crippen molar-refractivity contribution in [2.45, 2.75) is 19.4 Å². The van der Waals surface area contributed by atoms with Gasteiger partial charge in [-0.25, -0.2) is 9.97 Å². The maximum atomic E-state index is 12.3. The molecule has 0 radical (unpaired) electrons. The Hall–Kier alpha value is -2.63. The molecule has 0 spiro atoms. The van der Waals surface area contributed by atoms with Crippen molar-refractivity contribution in [2.24, 2.45) is 0 Å². The maximum absolute atomic E-state index is 12.3. The fourth-order valence-electron chi connectivity index (χ4n) is 2.81. The molecule has 24 heavy (non-hydrogen) atoms. The summed E-state index contributed by atoms with van der Waals surface area (Å²) in [5.74, 6) is 1.64. The predicted octanol–water partition coefficient (Wildman–Crippen LogP) is 2.15. The van der Waals surface area contributed by atoms with E-state index in [1.165, 1.54) is 12.8 Å². The summed E-state index contributed by atoms with van der Waals surface area (Å²) in [7, 11) is 1.81. The summed E-state index contributed by atoms with van der Waals surface area (Å²) in [6.07, 6.45) is 3.96. The van der Waals surface area contributed by atoms with Gasteiger partial charge in [0.05, 0.1) is 6.54 Å². The fourth-order valence-corrected chi connectivity index (χ4v) is 2.81. The zero-order valence-electron chi connectivity index (χ0n) is 14.0. The third kappa shape index (κ3) is 4.22. The third-order valence-electron chi connectivity index (χ3n) is 4.19. The van der Waals surface area contributed by atoms with E-state index in [1.54, 1.807) is 11.2 Å². The molecule has 1 aromatic carbocycles. The largest absolute Gasteiger partial charge is 0.361 e. The molecule has 3 rings (SSSR count). The molecule has 2 aromatic rings. The van der Waals surface area contributed by atoms with Crippen LogP contribution in [0.1, 0.15) is 18.4 Å². The molecule has 0 unspecified atom stereocenters. The molecule has 1 fully saturated rings. The number of rotatable bonds is 6. The van der Waals surface area contributed by atoms with E-state index in [9.17, 15) is 4.79 Å². The fraction of sp³-hybridized carbons (Fsp3) is 0.389. The van der Waals surface area contributed by atoms with E-state index in [2.05, 4.69) is 20.2 Å². The molecule has 0 aliphatic carbocycles. The summed E-state index contributed by atoms with van der Waals surface area (Å²) in [5.41, 5.74) is 1.12. The third-order valence-corrected chi connectivity index (χ3v) is 4.19. The van der Waals surface area contributed by atoms with Crippen LogP contribution in [-0.4, -0.2) is 47.5 Å². The molecule has 0 bridgehead atoms. The number of amides is 1. The van der Waals surface area contributed by atoms with Crippen LogP contribution in [0.3, 0.4) is 0 Å². The molecule has 1 N–H and O–H groups in total. The molecule has 1 aromatic heterocycles. The number of carbonyl (C=O) groups excluding carboxylic acids is 1. The molecule has 126 valence electrons. The highest BCUT2D eigenvalue weighted by molar-refractivity contribution is 5.80. The number of benzene rings is 1. The van der Waals surface area contributed by atoms with Gasteiger partial charge in [-0.15, -0.1) is 0 Å². The average molecular weight is 325 g/mol. The molecule has 2 heterocycles. The summed E-state index contributed by atoms with van der Waals surface area (Å²) in [4.78, 5) is 24.8. The smallest absolute Gasteiger partial charge is 0.241 e. The van der Waals surface area contributed by atoms with Crippen molar-refractivity contribution in [3.8, 4) is 0 Å². The minimum atomic E-state index is 0.0280. The lowest BCUT2D eigenvalue weighted by atomic mass is 10.2. The number of nitrogens with one attached hydrogen (secondary N) is 1. The second-order valence-corrected chi connectivity index (χ2v) is 6.04. The predicted molar refractivity (Wildman–Crippen MR) is 94.9 cm³/mol. The van der Waals surface area contributed by atoms with Gasteiger partial charge >= 0.3 is 0 Å². The standard InChI is InChI=1S/C18H23N5O/c1-22(13-15-7-3-2-4-8-15)18(24)12-19-16-11-17(21-14-20-16)23-9-5-6-10-23/h2-4,7-8,11,14H,5-6,9-10,12-13H2,1H3,(H,19,20,21). The Kier molecular flexibility index (Phi) is 5.25. The summed E-state index contributed by atoms with van der Waals surface area (Å²) in [5, 5.41) is 3.11. The topological polar surface area (TPSA) is 61.4 Å². The zero-order valence-corrected chi connectivity index (χ0v) is 14.0. The van der Waals surface area contributed by atoms with Crippen LogP contribution < -0.4 is 10.2 Å². The van der Waals surface area contributed by atoms with Gasteiger partial charge in [0.25, 0.3) is 0 Å². The Bertz CT molecular complexity index is 670. The number of nitrogens with zero attached hydrogens (tertiary/aromatic N) is 4. The van der Waals surface area contributed by atoms with Gasteiger partial charge in [-0.3, -0.25) is 4.79 Å². The number of hydrogen-bond donors (Lipinski definition) is 1. The highest BCUT2D eigenvalue weighted by Crippen LogP contribution is 2.19. The van der Waals surface area contributed by atoms with Gasteiger partial charge < -0.3 is 15.1 Å². The van der Waals surface area contributed by atoms with Crippen molar-refractivity contribution in [1.29, 1.82) is 0 Å². The molecule has 1 saturated heterocycles. The van der Waals surface area contributed by atoms with Crippen molar-refractivity contribution < 1.29 is 4.79 Å². The van der Waals surface area contributed by atoms with E-state index < -0.39 is 0 Å². The Morgan fingerprint density at radius 3 is 2.71 bits per heavy atom. The number of carbonyl (C=O) groups is 1. The van der Waals surface area contributed by atoms with Crippen molar-refractivity contribution in [3.05, 3.63) is 48.3 Å². The number of aromatic nitrogens is 2. The summed E-state index contributed by atoms with van der Waals surface area (Å²) in [6.45, 7) is 2.90. The maximum Gasteiger partial charge on any atom is 0.241 e. The van der Waals surface area contributed by atoms with E-state index in [1.807, 2.05) is 43.4 Å². The van der Waals surface area contributed by atoms with E-state index >= 15 is 0 Å². The number of hydrogen-bond acceptors (Lipinski definition) is 5. The van der Waals surface area contributed by atoms with Crippen LogP contribution in [0.5, 0.6) is 0 Å². The van der Waals surface area contributed by atoms with Gasteiger partial charge in [0.1, 0.15) is 18.0 Å². The van der Waals surface area contributed by atoms with Crippen LogP contribution in [-0.2, 0) is 11.3 Å². The first-order valence-corrected chi connectivity index (χ1v) is 8.31. The highest BCUT2D eigenvalue weighted by Gasteiger charge is 2.14. The van der Waals surface area contributed by atoms with Gasteiger partial charge in [-0.1, -0.05) is 30.3 Å². The monoisotopic (exact) mass is 325 g/mol. The summed E-state index contributed by atoms with van der Waals surface area (Å²) in [6, 6.07) is 11.9. The first-order valence-electron chi connectivity index (χ1n) is 8.31. The van der Waals surface area contributed by atoms with Crippen LogP contribution in [0.25, 0.3) is 0 Å². The van der Waals surface area contributed by atoms with Gasteiger partial charge in [-0.05, 0) is 18.4 Å². The lowest BCUT2D eigenvalue weighted by Gasteiger charge is -2.19. The lowest BCUT2D eigenvalue weighted by molar-refractivity contribution is -0.128. The molecule has 1 aliphatic rings. The first-order chi connectivity index (χ1) is 11.7. The normalized spacial score (nSPS) is 13.8. The minimum Gasteiger partial charge on any atom is -0.361 e. The summed E-state index contributed by atoms with van der Waals surface area (Å²) >= 11 is 0. The highest BCUT2D eigenvalue weighted by atomic mass is 16.2. The molecule has 6 nitrogen and oxygen atoms in total. The van der Waals surface area contributed by atoms with Crippen molar-refractivity contribution in [1.82, 2.24) is 14.9 Å². The minimum absolute atomic E-state index is 0.0280. The Morgan fingerprint density at radius 1 is 1.21 bits per heavy atom. The molecule has 0 atom stereocenters. The Labute approximate surface area is 142 Å². The van der Waals surface area contributed by atoms with E-state index in [0.717, 1.165) is 24.5 Å². The van der Waals surface area contributed by atoms with Crippen molar-refractivity contribution >= 4 is 17.5 Å². The van der Waals surface area contributed by atoms with Crippen molar-refractivity contribution in [3.63, 3.8) is 0 Å². The molecular formula is C18H23N5O.